The Balaban J connectivity index is 1.62. The minimum Gasteiger partial charge on any atom is -0.481 e. The summed E-state index contributed by atoms with van der Waals surface area (Å²) in [5.41, 5.74) is -0.177. The molecule has 1 aliphatic carbocycles. The first-order valence-corrected chi connectivity index (χ1v) is 9.15. The van der Waals surface area contributed by atoms with E-state index in [2.05, 4.69) is 27.3 Å². The van der Waals surface area contributed by atoms with E-state index in [1.165, 1.54) is 22.7 Å². The van der Waals surface area contributed by atoms with Gasteiger partial charge in [-0.3, -0.25) is 10.1 Å². The Morgan fingerprint density at radius 1 is 1.31 bits per heavy atom. The van der Waals surface area contributed by atoms with Gasteiger partial charge in [0, 0.05) is 0 Å². The summed E-state index contributed by atoms with van der Waals surface area (Å²) < 4.78 is 5.94. The van der Waals surface area contributed by atoms with Crippen molar-refractivity contribution >= 4 is 50.0 Å². The molecular formula is C16H11N3O5S2. The molecular weight excluding hydrogens is 378 g/mol. The van der Waals surface area contributed by atoms with Crippen molar-refractivity contribution in [3.8, 4) is 11.8 Å². The average Bonchev–Trinajstić information content (AvgIpc) is 3.02. The highest BCUT2D eigenvalue weighted by Crippen LogP contribution is 2.51. The second kappa shape index (κ2) is 5.82. The van der Waals surface area contributed by atoms with Gasteiger partial charge in [-0.25, -0.2) is 9.78 Å². The summed E-state index contributed by atoms with van der Waals surface area (Å²) >= 11 is 2.73. The number of anilines is 1. The summed E-state index contributed by atoms with van der Waals surface area (Å²) in [7, 11) is 0. The van der Waals surface area contributed by atoms with Crippen LogP contribution in [0.4, 0.5) is 10.5 Å². The smallest absolute Gasteiger partial charge is 0.409 e. The molecule has 3 N–H and O–H groups in total. The first-order valence-electron chi connectivity index (χ1n) is 7.51. The van der Waals surface area contributed by atoms with Gasteiger partial charge in [0.25, 0.3) is 0 Å². The number of rotatable bonds is 3. The van der Waals surface area contributed by atoms with Gasteiger partial charge in [0.2, 0.25) is 5.76 Å². The number of hydrogen-bond acceptors (Lipinski definition) is 7. The molecule has 8 nitrogen and oxygen atoms in total. The standard InChI is InChI=1S/C16H11N3O5S2/c1-7-11(17-15(22)23)9(24-19-7)3-2-8-6-10-12(25-8)18-13(26-10)16(4-5-16)14(20)21/h6,17H,4-5H2,1H3,(H,20,21)(H,22,23). The third-order valence-corrected chi connectivity index (χ3v) is 6.33. The molecule has 0 aromatic carbocycles. The van der Waals surface area contributed by atoms with Gasteiger partial charge in [0.05, 0.1) is 9.58 Å². The highest BCUT2D eigenvalue weighted by Gasteiger charge is 2.54. The molecule has 3 aromatic rings. The van der Waals surface area contributed by atoms with Crippen LogP contribution in [0.2, 0.25) is 0 Å². The summed E-state index contributed by atoms with van der Waals surface area (Å²) in [6, 6.07) is 1.85. The maximum absolute atomic E-state index is 11.4. The molecule has 26 heavy (non-hydrogen) atoms. The zero-order valence-electron chi connectivity index (χ0n) is 13.3. The van der Waals surface area contributed by atoms with Crippen LogP contribution in [0.15, 0.2) is 10.6 Å². The van der Waals surface area contributed by atoms with Crippen LogP contribution in [0.25, 0.3) is 9.53 Å². The number of aromatic nitrogens is 2. The SMILES string of the molecule is Cc1noc(C#Cc2cc3sc(C4(C(=O)O)CC4)nc3s2)c1NC(=O)O. The van der Waals surface area contributed by atoms with Crippen molar-refractivity contribution in [3.63, 3.8) is 0 Å². The molecule has 132 valence electrons. The largest absolute Gasteiger partial charge is 0.481 e. The molecule has 1 aliphatic rings. The summed E-state index contributed by atoms with van der Waals surface area (Å²) in [5.74, 6) is 5.00. The fourth-order valence-electron chi connectivity index (χ4n) is 2.47. The Kier molecular flexibility index (Phi) is 3.71. The van der Waals surface area contributed by atoms with Gasteiger partial charge in [-0.2, -0.15) is 0 Å². The molecule has 1 saturated carbocycles. The summed E-state index contributed by atoms with van der Waals surface area (Å²) in [6.07, 6.45) is 0.0279. The normalized spacial score (nSPS) is 14.7. The predicted octanol–water partition coefficient (Wildman–Crippen LogP) is 3.26. The molecule has 0 saturated heterocycles. The molecule has 4 rings (SSSR count). The Morgan fingerprint density at radius 2 is 2.08 bits per heavy atom. The Labute approximate surface area is 154 Å². The van der Waals surface area contributed by atoms with Crippen molar-refractivity contribution < 1.29 is 24.3 Å². The molecule has 0 aliphatic heterocycles. The van der Waals surface area contributed by atoms with Gasteiger partial charge in [-0.1, -0.05) is 5.16 Å². The van der Waals surface area contributed by atoms with Crippen LogP contribution in [0.1, 0.15) is 34.2 Å². The van der Waals surface area contributed by atoms with E-state index in [0.29, 0.717) is 23.5 Å². The highest BCUT2D eigenvalue weighted by molar-refractivity contribution is 7.27. The third kappa shape index (κ3) is 2.71. The number of nitrogens with one attached hydrogen (secondary N) is 1. The number of thiophene rings is 1. The van der Waals surface area contributed by atoms with Gasteiger partial charge in [0.15, 0.2) is 0 Å². The fourth-order valence-corrected chi connectivity index (χ4v) is 4.78. The molecule has 0 unspecified atom stereocenters. The van der Waals surface area contributed by atoms with E-state index in [9.17, 15) is 14.7 Å². The number of thiazole rings is 1. The van der Waals surface area contributed by atoms with Crippen LogP contribution in [-0.4, -0.2) is 32.4 Å². The maximum atomic E-state index is 11.4. The van der Waals surface area contributed by atoms with Crippen molar-refractivity contribution in [1.29, 1.82) is 0 Å². The molecule has 0 spiro atoms. The molecule has 3 heterocycles. The van der Waals surface area contributed by atoms with Crippen LogP contribution in [-0.2, 0) is 10.2 Å². The molecule has 3 aromatic heterocycles. The third-order valence-electron chi connectivity index (χ3n) is 4.05. The van der Waals surface area contributed by atoms with Crippen molar-refractivity contribution in [2.45, 2.75) is 25.2 Å². The van der Waals surface area contributed by atoms with Gasteiger partial charge in [-0.15, -0.1) is 22.7 Å². The molecule has 1 fully saturated rings. The lowest BCUT2D eigenvalue weighted by atomic mass is 10.1. The van der Waals surface area contributed by atoms with Crippen molar-refractivity contribution in [3.05, 3.63) is 27.4 Å². The number of nitrogens with zero attached hydrogens (tertiary/aromatic N) is 2. The molecule has 10 heteroatoms. The number of fused-ring (bicyclic) bond motifs is 1. The molecule has 0 radical (unpaired) electrons. The number of carbonyl (C=O) groups is 2. The topological polar surface area (TPSA) is 126 Å². The first kappa shape index (κ1) is 16.6. The van der Waals surface area contributed by atoms with E-state index in [0.717, 1.165) is 14.4 Å². The lowest BCUT2D eigenvalue weighted by Gasteiger charge is -2.03. The van der Waals surface area contributed by atoms with E-state index in [-0.39, 0.29) is 11.4 Å². The summed E-state index contributed by atoms with van der Waals surface area (Å²) in [4.78, 5) is 28.2. The van der Waals surface area contributed by atoms with E-state index < -0.39 is 17.5 Å². The van der Waals surface area contributed by atoms with Crippen molar-refractivity contribution in [2.75, 3.05) is 5.32 Å². The van der Waals surface area contributed by atoms with Crippen molar-refractivity contribution in [1.82, 2.24) is 10.1 Å². The van der Waals surface area contributed by atoms with Crippen LogP contribution < -0.4 is 5.32 Å². The number of amides is 1. The van der Waals surface area contributed by atoms with Crippen molar-refractivity contribution in [2.24, 2.45) is 0 Å². The number of carboxylic acid groups (broad SMARTS) is 2. The average molecular weight is 389 g/mol. The van der Waals surface area contributed by atoms with E-state index >= 15 is 0 Å². The molecule has 1 amide bonds. The Bertz CT molecular complexity index is 1080. The summed E-state index contributed by atoms with van der Waals surface area (Å²) in [5, 5.41) is 24.8. The van der Waals surface area contributed by atoms with Crippen LogP contribution in [0.5, 0.6) is 0 Å². The van der Waals surface area contributed by atoms with E-state index in [4.69, 9.17) is 9.63 Å². The van der Waals surface area contributed by atoms with Gasteiger partial charge >= 0.3 is 12.1 Å². The number of aliphatic carboxylic acids is 1. The second-order valence-corrected chi connectivity index (χ2v) is 7.90. The number of aryl methyl sites for hydroxylation is 1. The van der Waals surface area contributed by atoms with Crippen LogP contribution >= 0.6 is 22.7 Å². The number of hydrogen-bond donors (Lipinski definition) is 3. The minimum atomic E-state index is -1.22. The Hall–Kier alpha value is -2.90. The minimum absolute atomic E-state index is 0.137. The predicted molar refractivity (Wildman–Crippen MR) is 94.9 cm³/mol. The maximum Gasteiger partial charge on any atom is 0.409 e. The highest BCUT2D eigenvalue weighted by atomic mass is 32.1. The first-order chi connectivity index (χ1) is 12.4. The number of carboxylic acids is 1. The molecule has 0 bridgehead atoms. The monoisotopic (exact) mass is 389 g/mol. The Morgan fingerprint density at radius 3 is 2.69 bits per heavy atom. The molecule has 0 atom stereocenters. The van der Waals surface area contributed by atoms with Crippen LogP contribution in [0.3, 0.4) is 0 Å². The zero-order valence-corrected chi connectivity index (χ0v) is 15.0. The van der Waals surface area contributed by atoms with Gasteiger partial charge in [-0.05, 0) is 37.7 Å². The fraction of sp³-hybridized carbons (Fsp3) is 0.250. The van der Waals surface area contributed by atoms with E-state index in [1.54, 1.807) is 6.92 Å². The second-order valence-electron chi connectivity index (χ2n) is 5.84. The zero-order chi connectivity index (χ0) is 18.5. The quantitative estimate of drug-likeness (QED) is 0.587. The van der Waals surface area contributed by atoms with Gasteiger partial charge < -0.3 is 14.7 Å². The van der Waals surface area contributed by atoms with Crippen LogP contribution in [0, 0.1) is 18.8 Å². The lowest BCUT2D eigenvalue weighted by molar-refractivity contribution is -0.140. The summed E-state index contributed by atoms with van der Waals surface area (Å²) in [6.45, 7) is 1.61. The van der Waals surface area contributed by atoms with E-state index in [1.807, 2.05) is 6.07 Å². The van der Waals surface area contributed by atoms with Gasteiger partial charge in [0.1, 0.15) is 26.6 Å². The lowest BCUT2D eigenvalue weighted by Crippen LogP contribution is -2.18.